The predicted octanol–water partition coefficient (Wildman–Crippen LogP) is 3.58. The van der Waals surface area contributed by atoms with Crippen molar-refractivity contribution < 1.29 is 33.3 Å². The number of likely N-dealkylation sites (tertiary alicyclic amines) is 1. The van der Waals surface area contributed by atoms with Crippen LogP contribution in [0.4, 0.5) is 0 Å². The monoisotopic (exact) mass is 470 g/mol. The van der Waals surface area contributed by atoms with Gasteiger partial charge in [0.25, 0.3) is 0 Å². The summed E-state index contributed by atoms with van der Waals surface area (Å²) in [5.74, 6) is 1.16. The van der Waals surface area contributed by atoms with Crippen LogP contribution in [0.25, 0.3) is 0 Å². The SMILES string of the molecule is COC(=O)c1ccc(C[N+]2(C[C@H](O)COC[C@@H]3COc4ccccc4O3)CCCCCC2)cc1. The van der Waals surface area contributed by atoms with Crippen LogP contribution in [0.5, 0.6) is 11.5 Å². The van der Waals surface area contributed by atoms with Gasteiger partial charge in [-0.25, -0.2) is 4.79 Å². The van der Waals surface area contributed by atoms with Crippen molar-refractivity contribution in [2.24, 2.45) is 0 Å². The van der Waals surface area contributed by atoms with E-state index in [-0.39, 0.29) is 18.7 Å². The van der Waals surface area contributed by atoms with E-state index >= 15 is 0 Å². The minimum atomic E-state index is -0.566. The number of quaternary nitrogens is 1. The topological polar surface area (TPSA) is 74.2 Å². The van der Waals surface area contributed by atoms with Crippen LogP contribution in [0.15, 0.2) is 48.5 Å². The van der Waals surface area contributed by atoms with Crippen LogP contribution < -0.4 is 9.47 Å². The minimum absolute atomic E-state index is 0.184. The van der Waals surface area contributed by atoms with Gasteiger partial charge >= 0.3 is 5.97 Å². The van der Waals surface area contributed by atoms with Crippen LogP contribution in [0.1, 0.15) is 41.6 Å². The van der Waals surface area contributed by atoms with Gasteiger partial charge in [0.1, 0.15) is 25.8 Å². The summed E-state index contributed by atoms with van der Waals surface area (Å²) < 4.78 is 23.2. The van der Waals surface area contributed by atoms with Gasteiger partial charge in [-0.15, -0.1) is 0 Å². The molecule has 7 nitrogen and oxygen atoms in total. The molecular weight excluding hydrogens is 434 g/mol. The molecule has 2 aromatic carbocycles. The van der Waals surface area contributed by atoms with Crippen LogP contribution in [0.2, 0.25) is 0 Å². The average Bonchev–Trinajstić information content (AvgIpc) is 3.09. The lowest BCUT2D eigenvalue weighted by molar-refractivity contribution is -0.943. The molecule has 1 N–H and O–H groups in total. The first-order chi connectivity index (χ1) is 16.6. The van der Waals surface area contributed by atoms with Gasteiger partial charge in [-0.05, 0) is 49.9 Å². The smallest absolute Gasteiger partial charge is 0.337 e. The maximum atomic E-state index is 11.8. The number of carbonyl (C=O) groups excluding carboxylic acids is 1. The molecule has 2 aliphatic rings. The Balaban J connectivity index is 1.32. The standard InChI is InChI=1S/C27H36NO6/c1-31-27(30)22-12-10-21(11-13-22)16-28(14-6-2-3-7-15-28)17-23(29)18-32-19-24-20-33-25-8-4-5-9-26(25)34-24/h4-5,8-13,23-24,29H,2-3,6-7,14-20H2,1H3/q+1/t23-,24+/m0/s1. The summed E-state index contributed by atoms with van der Waals surface area (Å²) in [5, 5.41) is 10.9. The molecule has 0 aromatic heterocycles. The Morgan fingerprint density at radius 3 is 2.47 bits per heavy atom. The second-order valence-electron chi connectivity index (χ2n) is 9.42. The Bertz CT molecular complexity index is 923. The first kappa shape index (κ1) is 24.5. The van der Waals surface area contributed by atoms with Gasteiger partial charge in [-0.3, -0.25) is 0 Å². The van der Waals surface area contributed by atoms with Crippen LogP contribution >= 0.6 is 0 Å². The molecule has 0 radical (unpaired) electrons. The van der Waals surface area contributed by atoms with Crippen molar-refractivity contribution in [1.82, 2.24) is 0 Å². The van der Waals surface area contributed by atoms with E-state index in [4.69, 9.17) is 18.9 Å². The highest BCUT2D eigenvalue weighted by Crippen LogP contribution is 2.31. The summed E-state index contributed by atoms with van der Waals surface area (Å²) >= 11 is 0. The lowest BCUT2D eigenvalue weighted by Crippen LogP contribution is -2.53. The maximum absolute atomic E-state index is 11.8. The fraction of sp³-hybridized carbons (Fsp3) is 0.519. The van der Waals surface area contributed by atoms with E-state index in [1.807, 2.05) is 48.5 Å². The molecule has 7 heteroatoms. The van der Waals surface area contributed by atoms with E-state index in [1.165, 1.54) is 20.0 Å². The number of carbonyl (C=O) groups is 1. The van der Waals surface area contributed by atoms with E-state index < -0.39 is 6.10 Å². The fourth-order valence-electron chi connectivity index (χ4n) is 5.00. The Hall–Kier alpha value is -2.61. The van der Waals surface area contributed by atoms with E-state index in [9.17, 15) is 9.90 Å². The van der Waals surface area contributed by atoms with Crippen molar-refractivity contribution in [2.75, 3.05) is 46.6 Å². The van der Waals surface area contributed by atoms with Crippen LogP contribution in [-0.2, 0) is 16.0 Å². The Morgan fingerprint density at radius 2 is 1.76 bits per heavy atom. The lowest BCUT2D eigenvalue weighted by atomic mass is 10.1. The van der Waals surface area contributed by atoms with Crippen molar-refractivity contribution in [2.45, 2.75) is 44.4 Å². The summed E-state index contributed by atoms with van der Waals surface area (Å²) in [7, 11) is 1.39. The average molecular weight is 471 g/mol. The molecule has 4 rings (SSSR count). The first-order valence-electron chi connectivity index (χ1n) is 12.2. The largest absolute Gasteiger partial charge is 0.486 e. The van der Waals surface area contributed by atoms with Crippen molar-refractivity contribution in [3.05, 3.63) is 59.7 Å². The van der Waals surface area contributed by atoms with Crippen molar-refractivity contribution in [1.29, 1.82) is 0 Å². The van der Waals surface area contributed by atoms with Crippen molar-refractivity contribution >= 4 is 5.97 Å². The van der Waals surface area contributed by atoms with Gasteiger partial charge in [-0.1, -0.05) is 24.3 Å². The molecule has 2 heterocycles. The zero-order chi connectivity index (χ0) is 23.8. The molecule has 0 unspecified atom stereocenters. The molecule has 34 heavy (non-hydrogen) atoms. The summed E-state index contributed by atoms with van der Waals surface area (Å²) in [6, 6.07) is 15.3. The number of hydrogen-bond donors (Lipinski definition) is 1. The van der Waals surface area contributed by atoms with Gasteiger partial charge < -0.3 is 28.5 Å². The zero-order valence-electron chi connectivity index (χ0n) is 20.0. The number of ether oxygens (including phenoxy) is 4. The zero-order valence-corrected chi connectivity index (χ0v) is 20.0. The highest BCUT2D eigenvalue weighted by molar-refractivity contribution is 5.89. The van der Waals surface area contributed by atoms with Gasteiger partial charge in [0, 0.05) is 5.56 Å². The number of para-hydroxylation sites is 2. The third-order valence-corrected chi connectivity index (χ3v) is 6.69. The predicted molar refractivity (Wildman–Crippen MR) is 128 cm³/mol. The molecule has 2 atom stereocenters. The summed E-state index contributed by atoms with van der Waals surface area (Å²) in [4.78, 5) is 11.8. The second kappa shape index (κ2) is 11.7. The van der Waals surface area contributed by atoms with Crippen LogP contribution in [0.3, 0.4) is 0 Å². The van der Waals surface area contributed by atoms with E-state index in [1.54, 1.807) is 0 Å². The van der Waals surface area contributed by atoms with Crippen molar-refractivity contribution in [3.63, 3.8) is 0 Å². The minimum Gasteiger partial charge on any atom is -0.486 e. The number of methoxy groups -OCH3 is 1. The van der Waals surface area contributed by atoms with E-state index in [0.29, 0.717) is 25.3 Å². The molecule has 0 amide bonds. The Morgan fingerprint density at radius 1 is 1.06 bits per heavy atom. The van der Waals surface area contributed by atoms with Crippen LogP contribution in [0, 0.1) is 0 Å². The van der Waals surface area contributed by atoms with Gasteiger partial charge in [0.05, 0.1) is 39.0 Å². The summed E-state index contributed by atoms with van der Waals surface area (Å²) in [5.41, 5.74) is 1.72. The highest BCUT2D eigenvalue weighted by Gasteiger charge is 2.32. The van der Waals surface area contributed by atoms with E-state index in [2.05, 4.69) is 0 Å². The lowest BCUT2D eigenvalue weighted by Gasteiger charge is -2.39. The normalized spacial score (nSPS) is 20.2. The molecule has 0 bridgehead atoms. The third kappa shape index (κ3) is 6.50. The highest BCUT2D eigenvalue weighted by atomic mass is 16.6. The Labute approximate surface area is 201 Å². The fourth-order valence-corrected chi connectivity index (χ4v) is 5.00. The molecule has 2 aromatic rings. The number of hydrogen-bond acceptors (Lipinski definition) is 6. The molecule has 1 saturated heterocycles. The Kier molecular flexibility index (Phi) is 8.43. The third-order valence-electron chi connectivity index (χ3n) is 6.69. The number of nitrogens with zero attached hydrogens (tertiary/aromatic N) is 1. The van der Waals surface area contributed by atoms with E-state index in [0.717, 1.165) is 54.0 Å². The van der Waals surface area contributed by atoms with Gasteiger partial charge in [0.2, 0.25) is 0 Å². The van der Waals surface area contributed by atoms with Crippen LogP contribution in [-0.4, -0.2) is 74.3 Å². The van der Waals surface area contributed by atoms with Gasteiger partial charge in [0.15, 0.2) is 17.6 Å². The van der Waals surface area contributed by atoms with Gasteiger partial charge in [-0.2, -0.15) is 0 Å². The number of rotatable bonds is 9. The number of aliphatic hydroxyl groups is 1. The van der Waals surface area contributed by atoms with Crippen molar-refractivity contribution in [3.8, 4) is 11.5 Å². The molecule has 2 aliphatic heterocycles. The quantitative estimate of drug-likeness (QED) is 0.446. The second-order valence-corrected chi connectivity index (χ2v) is 9.42. The number of fused-ring (bicyclic) bond motifs is 1. The number of benzene rings is 2. The molecular formula is C27H36NO6+. The maximum Gasteiger partial charge on any atom is 0.337 e. The summed E-state index contributed by atoms with van der Waals surface area (Å²) in [6.07, 6.45) is 4.02. The molecule has 184 valence electrons. The first-order valence-corrected chi connectivity index (χ1v) is 12.2. The molecule has 1 fully saturated rings. The molecule has 0 aliphatic carbocycles. The molecule has 0 spiro atoms. The number of aliphatic hydroxyl groups excluding tert-OH is 1. The summed E-state index contributed by atoms with van der Waals surface area (Å²) in [6.45, 7) is 4.62. The molecule has 0 saturated carbocycles. The number of esters is 1.